The van der Waals surface area contributed by atoms with Gasteiger partial charge in [0.2, 0.25) is 11.8 Å². The van der Waals surface area contributed by atoms with Crippen LogP contribution in [-0.2, 0) is 16.1 Å². The van der Waals surface area contributed by atoms with Gasteiger partial charge in [-0.15, -0.1) is 0 Å². The van der Waals surface area contributed by atoms with Gasteiger partial charge in [-0.2, -0.15) is 8.78 Å². The van der Waals surface area contributed by atoms with Gasteiger partial charge in [-0.1, -0.05) is 12.1 Å². The number of benzene rings is 2. The van der Waals surface area contributed by atoms with Crippen molar-refractivity contribution >= 4 is 23.4 Å². The van der Waals surface area contributed by atoms with Crippen molar-refractivity contribution in [2.75, 3.05) is 18.0 Å². The zero-order valence-corrected chi connectivity index (χ0v) is 16.1. The third-order valence-electron chi connectivity index (χ3n) is 4.56. The van der Waals surface area contributed by atoms with Crippen LogP contribution in [0.1, 0.15) is 28.8 Å². The van der Waals surface area contributed by atoms with Crippen LogP contribution >= 0.6 is 0 Å². The average molecular weight is 417 g/mol. The minimum atomic E-state index is -2.89. The summed E-state index contributed by atoms with van der Waals surface area (Å²) < 4.78 is 28.5. The SMILES string of the molecule is O=C(CNC(=O)c1ccc(N2CCCC2=O)cc1)NCc1ccc(OC(F)F)cc1. The third-order valence-corrected chi connectivity index (χ3v) is 4.56. The second kappa shape index (κ2) is 9.82. The lowest BCUT2D eigenvalue weighted by molar-refractivity contribution is -0.120. The van der Waals surface area contributed by atoms with Gasteiger partial charge in [-0.25, -0.2) is 0 Å². The van der Waals surface area contributed by atoms with Gasteiger partial charge in [0.1, 0.15) is 5.75 Å². The highest BCUT2D eigenvalue weighted by Crippen LogP contribution is 2.21. The van der Waals surface area contributed by atoms with Crippen molar-refractivity contribution in [1.82, 2.24) is 10.6 Å². The minimum absolute atomic E-state index is 0.0347. The molecule has 0 unspecified atom stereocenters. The fraction of sp³-hybridized carbons (Fsp3) is 0.286. The molecule has 0 radical (unpaired) electrons. The molecule has 0 atom stereocenters. The first-order valence-corrected chi connectivity index (χ1v) is 9.41. The van der Waals surface area contributed by atoms with Gasteiger partial charge in [0, 0.05) is 30.8 Å². The Morgan fingerprint density at radius 3 is 2.33 bits per heavy atom. The van der Waals surface area contributed by atoms with Crippen LogP contribution in [0.2, 0.25) is 0 Å². The average Bonchev–Trinajstić information content (AvgIpc) is 3.17. The number of ether oxygens (including phenoxy) is 1. The smallest absolute Gasteiger partial charge is 0.387 e. The summed E-state index contributed by atoms with van der Waals surface area (Å²) in [4.78, 5) is 37.6. The van der Waals surface area contributed by atoms with Gasteiger partial charge in [0.05, 0.1) is 6.54 Å². The topological polar surface area (TPSA) is 87.7 Å². The molecule has 3 rings (SSSR count). The molecular weight excluding hydrogens is 396 g/mol. The molecule has 1 aliphatic heterocycles. The number of carbonyl (C=O) groups excluding carboxylic acids is 3. The van der Waals surface area contributed by atoms with Crippen molar-refractivity contribution in [2.24, 2.45) is 0 Å². The Morgan fingerprint density at radius 1 is 1.03 bits per heavy atom. The van der Waals surface area contributed by atoms with Crippen molar-refractivity contribution in [1.29, 1.82) is 0 Å². The molecule has 0 saturated carbocycles. The molecule has 2 N–H and O–H groups in total. The highest BCUT2D eigenvalue weighted by molar-refractivity contribution is 5.98. The molecule has 0 aromatic heterocycles. The summed E-state index contributed by atoms with van der Waals surface area (Å²) in [6.45, 7) is -2.25. The van der Waals surface area contributed by atoms with Gasteiger partial charge in [-0.05, 0) is 48.4 Å². The van der Waals surface area contributed by atoms with Gasteiger partial charge < -0.3 is 20.3 Å². The van der Waals surface area contributed by atoms with Gasteiger partial charge in [0.25, 0.3) is 5.91 Å². The van der Waals surface area contributed by atoms with E-state index in [0.717, 1.165) is 12.1 Å². The first kappa shape index (κ1) is 21.2. The van der Waals surface area contributed by atoms with E-state index >= 15 is 0 Å². The lowest BCUT2D eigenvalue weighted by Gasteiger charge is -2.15. The molecule has 7 nitrogen and oxygen atoms in total. The maximum absolute atomic E-state index is 12.2. The highest BCUT2D eigenvalue weighted by Gasteiger charge is 2.21. The Bertz CT molecular complexity index is 901. The zero-order valence-electron chi connectivity index (χ0n) is 16.1. The monoisotopic (exact) mass is 417 g/mol. The third kappa shape index (κ3) is 5.76. The first-order valence-electron chi connectivity index (χ1n) is 9.41. The molecule has 3 amide bonds. The quantitative estimate of drug-likeness (QED) is 0.691. The van der Waals surface area contributed by atoms with Crippen LogP contribution < -0.4 is 20.3 Å². The van der Waals surface area contributed by atoms with Crippen molar-refractivity contribution in [2.45, 2.75) is 26.0 Å². The van der Waals surface area contributed by atoms with Crippen LogP contribution in [0.4, 0.5) is 14.5 Å². The van der Waals surface area contributed by atoms with Crippen molar-refractivity contribution < 1.29 is 27.9 Å². The summed E-state index contributed by atoms with van der Waals surface area (Å²) in [5.74, 6) is -0.694. The lowest BCUT2D eigenvalue weighted by atomic mass is 10.2. The Balaban J connectivity index is 1.43. The Morgan fingerprint density at radius 2 is 1.73 bits per heavy atom. The van der Waals surface area contributed by atoms with E-state index in [1.807, 2.05) is 0 Å². The first-order chi connectivity index (χ1) is 14.4. The molecule has 9 heteroatoms. The molecule has 0 bridgehead atoms. The van der Waals surface area contributed by atoms with E-state index in [2.05, 4.69) is 15.4 Å². The van der Waals surface area contributed by atoms with E-state index in [1.165, 1.54) is 12.1 Å². The molecule has 1 aliphatic rings. The van der Waals surface area contributed by atoms with Gasteiger partial charge in [0.15, 0.2) is 0 Å². The maximum Gasteiger partial charge on any atom is 0.387 e. The number of nitrogens with one attached hydrogen (secondary N) is 2. The number of hydrogen-bond acceptors (Lipinski definition) is 4. The summed E-state index contributed by atoms with van der Waals surface area (Å²) in [5.41, 5.74) is 1.83. The summed E-state index contributed by atoms with van der Waals surface area (Å²) in [6.07, 6.45) is 1.36. The van der Waals surface area contributed by atoms with E-state index in [-0.39, 0.29) is 24.7 Å². The van der Waals surface area contributed by atoms with E-state index in [9.17, 15) is 23.2 Å². The van der Waals surface area contributed by atoms with E-state index in [0.29, 0.717) is 24.1 Å². The largest absolute Gasteiger partial charge is 0.435 e. The molecular formula is C21H21F2N3O4. The van der Waals surface area contributed by atoms with E-state index in [1.54, 1.807) is 41.3 Å². The summed E-state index contributed by atoms with van der Waals surface area (Å²) >= 11 is 0. The van der Waals surface area contributed by atoms with Crippen LogP contribution in [-0.4, -0.2) is 37.4 Å². The van der Waals surface area contributed by atoms with E-state index < -0.39 is 18.4 Å². The number of halogens is 2. The molecule has 0 aliphatic carbocycles. The summed E-state index contributed by atoms with van der Waals surface area (Å²) in [5, 5.41) is 5.16. The van der Waals surface area contributed by atoms with Crippen LogP contribution in [0.15, 0.2) is 48.5 Å². The number of hydrogen-bond donors (Lipinski definition) is 2. The van der Waals surface area contributed by atoms with Gasteiger partial charge >= 0.3 is 6.61 Å². The second-order valence-corrected chi connectivity index (χ2v) is 6.68. The highest BCUT2D eigenvalue weighted by atomic mass is 19.3. The van der Waals surface area contributed by atoms with Crippen LogP contribution in [0.25, 0.3) is 0 Å². The molecule has 0 spiro atoms. The standard InChI is InChI=1S/C21H21F2N3O4/c22-21(23)30-17-9-3-14(4-10-17)12-24-18(27)13-25-20(29)15-5-7-16(8-6-15)26-11-1-2-19(26)28/h3-10,21H,1-2,11-13H2,(H,24,27)(H,25,29). The van der Waals surface area contributed by atoms with Crippen molar-refractivity contribution in [3.8, 4) is 5.75 Å². The second-order valence-electron chi connectivity index (χ2n) is 6.68. The molecule has 1 fully saturated rings. The van der Waals surface area contributed by atoms with Crippen molar-refractivity contribution in [3.63, 3.8) is 0 Å². The number of nitrogens with zero attached hydrogens (tertiary/aromatic N) is 1. The normalized spacial score (nSPS) is 13.4. The summed E-state index contributed by atoms with van der Waals surface area (Å²) in [7, 11) is 0. The summed E-state index contributed by atoms with van der Waals surface area (Å²) in [6, 6.07) is 12.5. The molecule has 2 aromatic carbocycles. The molecule has 1 saturated heterocycles. The zero-order chi connectivity index (χ0) is 21.5. The van der Waals surface area contributed by atoms with Crippen LogP contribution in [0.5, 0.6) is 5.75 Å². The predicted octanol–water partition coefficient (Wildman–Crippen LogP) is 2.46. The number of amides is 3. The predicted molar refractivity (Wildman–Crippen MR) is 105 cm³/mol. The fourth-order valence-corrected chi connectivity index (χ4v) is 3.03. The molecule has 2 aromatic rings. The molecule has 158 valence electrons. The number of carbonyl (C=O) groups is 3. The number of alkyl halides is 2. The Labute approximate surface area is 172 Å². The molecule has 1 heterocycles. The number of anilines is 1. The molecule has 30 heavy (non-hydrogen) atoms. The number of rotatable bonds is 8. The van der Waals surface area contributed by atoms with Crippen LogP contribution in [0.3, 0.4) is 0 Å². The Hall–Kier alpha value is -3.49. The fourth-order valence-electron chi connectivity index (χ4n) is 3.03. The van der Waals surface area contributed by atoms with Crippen molar-refractivity contribution in [3.05, 3.63) is 59.7 Å². The lowest BCUT2D eigenvalue weighted by Crippen LogP contribution is -2.36. The van der Waals surface area contributed by atoms with E-state index in [4.69, 9.17) is 0 Å². The Kier molecular flexibility index (Phi) is 6.95. The van der Waals surface area contributed by atoms with Crippen LogP contribution in [0, 0.1) is 0 Å². The maximum atomic E-state index is 12.2. The minimum Gasteiger partial charge on any atom is -0.435 e. The van der Waals surface area contributed by atoms with Gasteiger partial charge in [-0.3, -0.25) is 14.4 Å².